The first kappa shape index (κ1) is 13.7. The molecule has 5 nitrogen and oxygen atoms in total. The van der Waals surface area contributed by atoms with E-state index in [2.05, 4.69) is 5.32 Å². The van der Waals surface area contributed by atoms with Crippen LogP contribution in [0.1, 0.15) is 10.4 Å². The van der Waals surface area contributed by atoms with Gasteiger partial charge in [0.2, 0.25) is 0 Å². The Labute approximate surface area is 115 Å². The van der Waals surface area contributed by atoms with Crippen molar-refractivity contribution in [2.45, 2.75) is 0 Å². The summed E-state index contributed by atoms with van der Waals surface area (Å²) in [4.78, 5) is 11.2. The number of hydrogen-bond donors (Lipinski definition) is 3. The fraction of sp³-hybridized carbons (Fsp3) is 0.0714. The van der Waals surface area contributed by atoms with E-state index in [1.807, 2.05) is 0 Å². The Bertz CT molecular complexity index is 659. The number of anilines is 3. The van der Waals surface area contributed by atoms with Crippen LogP contribution in [0.4, 0.5) is 21.5 Å². The zero-order valence-corrected chi connectivity index (χ0v) is 10.8. The Balaban J connectivity index is 2.35. The summed E-state index contributed by atoms with van der Waals surface area (Å²) in [6, 6.07) is 8.93. The molecule has 0 saturated carbocycles. The maximum Gasteiger partial charge on any atom is 0.250 e. The highest BCUT2D eigenvalue weighted by atomic mass is 19.1. The third-order valence-electron chi connectivity index (χ3n) is 2.77. The highest BCUT2D eigenvalue weighted by Crippen LogP contribution is 2.26. The minimum Gasteiger partial charge on any atom is -0.497 e. The van der Waals surface area contributed by atoms with E-state index in [9.17, 15) is 9.18 Å². The molecule has 0 heterocycles. The molecule has 2 aromatic carbocycles. The molecule has 0 fully saturated rings. The van der Waals surface area contributed by atoms with Crippen molar-refractivity contribution in [3.63, 3.8) is 0 Å². The number of halogens is 1. The number of nitrogens with two attached hydrogens (primary N) is 2. The molecule has 0 unspecified atom stereocenters. The van der Waals surface area contributed by atoms with Gasteiger partial charge >= 0.3 is 0 Å². The Morgan fingerprint density at radius 1 is 1.25 bits per heavy atom. The maximum absolute atomic E-state index is 13.7. The van der Waals surface area contributed by atoms with Gasteiger partial charge in [0.25, 0.3) is 5.91 Å². The molecular formula is C14H14FN3O2. The van der Waals surface area contributed by atoms with Gasteiger partial charge in [-0.15, -0.1) is 0 Å². The summed E-state index contributed by atoms with van der Waals surface area (Å²) in [6.45, 7) is 0. The van der Waals surface area contributed by atoms with Crippen LogP contribution in [0, 0.1) is 5.82 Å². The van der Waals surface area contributed by atoms with Crippen molar-refractivity contribution in [2.75, 3.05) is 18.2 Å². The van der Waals surface area contributed by atoms with Crippen LogP contribution in [0.2, 0.25) is 0 Å². The summed E-state index contributed by atoms with van der Waals surface area (Å²) in [6.07, 6.45) is 0. The zero-order chi connectivity index (χ0) is 14.7. The second-order valence-electron chi connectivity index (χ2n) is 4.14. The Hall–Kier alpha value is -2.76. The number of hydrogen-bond acceptors (Lipinski definition) is 4. The number of amides is 1. The fourth-order valence-electron chi connectivity index (χ4n) is 1.73. The summed E-state index contributed by atoms with van der Waals surface area (Å²) in [5, 5.41) is 2.85. The van der Waals surface area contributed by atoms with Crippen LogP contribution in [0.15, 0.2) is 36.4 Å². The van der Waals surface area contributed by atoms with Crippen molar-refractivity contribution in [3.05, 3.63) is 47.8 Å². The number of primary amides is 1. The minimum atomic E-state index is -0.641. The van der Waals surface area contributed by atoms with Gasteiger partial charge in [0.05, 0.1) is 18.4 Å². The molecule has 0 saturated heterocycles. The summed E-state index contributed by atoms with van der Waals surface area (Å²) in [5.74, 6) is -0.569. The topological polar surface area (TPSA) is 90.4 Å². The molecule has 0 spiro atoms. The van der Waals surface area contributed by atoms with E-state index < -0.39 is 11.7 Å². The first-order valence-electron chi connectivity index (χ1n) is 5.81. The molecule has 0 bridgehead atoms. The average Bonchev–Trinajstić information content (AvgIpc) is 2.43. The molecule has 2 aromatic rings. The standard InChI is InChI=1S/C14H14FN3O2/c1-20-9-3-4-11(15)13(7-9)18-8-2-5-12(16)10(6-8)14(17)19/h2-7,18H,16H2,1H3,(H2,17,19). The lowest BCUT2D eigenvalue weighted by molar-refractivity contribution is 0.100. The van der Waals surface area contributed by atoms with Gasteiger partial charge in [-0.1, -0.05) is 0 Å². The number of methoxy groups -OCH3 is 1. The van der Waals surface area contributed by atoms with Gasteiger partial charge in [-0.2, -0.15) is 0 Å². The van der Waals surface area contributed by atoms with E-state index in [4.69, 9.17) is 16.2 Å². The monoisotopic (exact) mass is 275 g/mol. The van der Waals surface area contributed by atoms with Gasteiger partial charge in [-0.25, -0.2) is 4.39 Å². The molecule has 6 heteroatoms. The van der Waals surface area contributed by atoms with E-state index in [0.717, 1.165) is 0 Å². The molecule has 5 N–H and O–H groups in total. The van der Waals surface area contributed by atoms with Crippen LogP contribution in [-0.4, -0.2) is 13.0 Å². The summed E-state index contributed by atoms with van der Waals surface area (Å²) in [7, 11) is 1.49. The highest BCUT2D eigenvalue weighted by molar-refractivity contribution is 5.99. The summed E-state index contributed by atoms with van der Waals surface area (Å²) >= 11 is 0. The largest absolute Gasteiger partial charge is 0.497 e. The minimum absolute atomic E-state index is 0.179. The lowest BCUT2D eigenvalue weighted by Gasteiger charge is -2.11. The Kier molecular flexibility index (Phi) is 3.74. The van der Waals surface area contributed by atoms with Crippen molar-refractivity contribution in [2.24, 2.45) is 5.73 Å². The molecule has 0 radical (unpaired) electrons. The Morgan fingerprint density at radius 2 is 2.00 bits per heavy atom. The second-order valence-corrected chi connectivity index (χ2v) is 4.14. The van der Waals surface area contributed by atoms with Crippen molar-refractivity contribution < 1.29 is 13.9 Å². The number of ether oxygens (including phenoxy) is 1. The lowest BCUT2D eigenvalue weighted by atomic mass is 10.1. The van der Waals surface area contributed by atoms with Crippen LogP contribution in [0.5, 0.6) is 5.75 Å². The third kappa shape index (κ3) is 2.80. The number of benzene rings is 2. The van der Waals surface area contributed by atoms with Gasteiger partial charge in [0.1, 0.15) is 11.6 Å². The number of carbonyl (C=O) groups excluding carboxylic acids is 1. The van der Waals surface area contributed by atoms with Gasteiger partial charge in [-0.05, 0) is 30.3 Å². The van der Waals surface area contributed by atoms with Crippen LogP contribution in [0.3, 0.4) is 0 Å². The molecule has 0 aromatic heterocycles. The van der Waals surface area contributed by atoms with Crippen LogP contribution in [-0.2, 0) is 0 Å². The van der Waals surface area contributed by atoms with Crippen LogP contribution in [0.25, 0.3) is 0 Å². The quantitative estimate of drug-likeness (QED) is 0.746. The molecule has 2 rings (SSSR count). The molecule has 1 amide bonds. The van der Waals surface area contributed by atoms with Crippen molar-refractivity contribution >= 4 is 23.0 Å². The van der Waals surface area contributed by atoms with Gasteiger partial charge in [0, 0.05) is 17.4 Å². The summed E-state index contributed by atoms with van der Waals surface area (Å²) < 4.78 is 18.7. The normalized spacial score (nSPS) is 10.1. The van der Waals surface area contributed by atoms with E-state index in [1.54, 1.807) is 6.07 Å². The molecule has 104 valence electrons. The number of nitrogens with one attached hydrogen (secondary N) is 1. The number of nitrogen functional groups attached to an aromatic ring is 1. The van der Waals surface area contributed by atoms with Crippen LogP contribution >= 0.6 is 0 Å². The van der Waals surface area contributed by atoms with Gasteiger partial charge < -0.3 is 21.5 Å². The summed E-state index contributed by atoms with van der Waals surface area (Å²) in [5.41, 5.74) is 12.0. The van der Waals surface area contributed by atoms with E-state index in [-0.39, 0.29) is 16.9 Å². The maximum atomic E-state index is 13.7. The molecule has 0 atom stereocenters. The fourth-order valence-corrected chi connectivity index (χ4v) is 1.73. The highest BCUT2D eigenvalue weighted by Gasteiger charge is 2.09. The molecule has 20 heavy (non-hydrogen) atoms. The van der Waals surface area contributed by atoms with Gasteiger partial charge in [0.15, 0.2) is 0 Å². The van der Waals surface area contributed by atoms with Crippen LogP contribution < -0.4 is 21.5 Å². The SMILES string of the molecule is COc1ccc(F)c(Nc2ccc(N)c(C(N)=O)c2)c1. The molecule has 0 aliphatic heterocycles. The van der Waals surface area contributed by atoms with Crippen molar-refractivity contribution in [1.82, 2.24) is 0 Å². The van der Waals surface area contributed by atoms with Crippen molar-refractivity contribution in [3.8, 4) is 5.75 Å². The van der Waals surface area contributed by atoms with Gasteiger partial charge in [-0.3, -0.25) is 4.79 Å². The number of rotatable bonds is 4. The first-order chi connectivity index (χ1) is 9.51. The van der Waals surface area contributed by atoms with E-state index >= 15 is 0 Å². The van der Waals surface area contributed by atoms with E-state index in [0.29, 0.717) is 11.4 Å². The van der Waals surface area contributed by atoms with Crippen molar-refractivity contribution in [1.29, 1.82) is 0 Å². The second kappa shape index (κ2) is 5.48. The third-order valence-corrected chi connectivity index (χ3v) is 2.77. The molecule has 0 aliphatic rings. The molecule has 0 aliphatic carbocycles. The average molecular weight is 275 g/mol. The lowest BCUT2D eigenvalue weighted by Crippen LogP contribution is -2.13. The predicted molar refractivity (Wildman–Crippen MR) is 75.6 cm³/mol. The Morgan fingerprint density at radius 3 is 2.65 bits per heavy atom. The van der Waals surface area contributed by atoms with E-state index in [1.165, 1.54) is 37.4 Å². The zero-order valence-electron chi connectivity index (χ0n) is 10.8. The smallest absolute Gasteiger partial charge is 0.250 e. The first-order valence-corrected chi connectivity index (χ1v) is 5.81. The molecular weight excluding hydrogens is 261 g/mol. The predicted octanol–water partition coefficient (Wildman–Crippen LogP) is 2.26. The number of carbonyl (C=O) groups is 1.